The van der Waals surface area contributed by atoms with Crippen LogP contribution in [0.3, 0.4) is 0 Å². The molecule has 0 bridgehead atoms. The van der Waals surface area contributed by atoms with Gasteiger partial charge in [-0.3, -0.25) is 0 Å². The second-order valence-electron chi connectivity index (χ2n) is 4.68. The second-order valence-corrected chi connectivity index (χ2v) is 4.68. The smallest absolute Gasteiger partial charge is 0.0471 e. The van der Waals surface area contributed by atoms with Crippen LogP contribution in [0.4, 0.5) is 0 Å². The predicted molar refractivity (Wildman–Crippen MR) is 76.8 cm³/mol. The quantitative estimate of drug-likeness (QED) is 0.862. The maximum absolute atomic E-state index is 9.00. The first kappa shape index (κ1) is 12.8. The normalized spacial score (nSPS) is 10.6. The molecule has 0 saturated carbocycles. The third kappa shape index (κ3) is 2.80. The average Bonchev–Trinajstić information content (AvgIpc) is 2.40. The van der Waals surface area contributed by atoms with Gasteiger partial charge in [0.1, 0.15) is 0 Å². The first-order valence-electron chi connectivity index (χ1n) is 6.54. The van der Waals surface area contributed by atoms with Crippen molar-refractivity contribution in [3.63, 3.8) is 0 Å². The molecule has 1 nitrogen and oxygen atoms in total. The van der Waals surface area contributed by atoms with Crippen LogP contribution in [0.1, 0.15) is 23.6 Å². The lowest BCUT2D eigenvalue weighted by molar-refractivity contribution is 0.299. The fraction of sp³-hybridized carbons (Fsp3) is 0.294. The van der Waals surface area contributed by atoms with Crippen molar-refractivity contribution in [3.8, 4) is 11.1 Å². The molecule has 2 aromatic rings. The fourth-order valence-corrected chi connectivity index (χ4v) is 2.24. The van der Waals surface area contributed by atoms with Crippen molar-refractivity contribution in [2.75, 3.05) is 6.61 Å². The lowest BCUT2D eigenvalue weighted by Gasteiger charge is -2.11. The standard InChI is InChI=1S/C17H20O/c1-3-15-12-14(10-11-18)6-9-17(15)16-7-4-13(2)5-8-16/h4-9,12,18H,3,10-11H2,1-2H3. The molecule has 0 unspecified atom stereocenters. The topological polar surface area (TPSA) is 20.2 Å². The van der Waals surface area contributed by atoms with Crippen molar-refractivity contribution >= 4 is 0 Å². The van der Waals surface area contributed by atoms with Gasteiger partial charge in [0.05, 0.1) is 0 Å². The molecule has 94 valence electrons. The highest BCUT2D eigenvalue weighted by molar-refractivity contribution is 5.68. The Morgan fingerprint density at radius 2 is 1.72 bits per heavy atom. The van der Waals surface area contributed by atoms with E-state index in [4.69, 9.17) is 5.11 Å². The molecule has 0 radical (unpaired) electrons. The van der Waals surface area contributed by atoms with Gasteiger partial charge in [-0.1, -0.05) is 55.0 Å². The van der Waals surface area contributed by atoms with E-state index in [9.17, 15) is 0 Å². The SMILES string of the molecule is CCc1cc(CCO)ccc1-c1ccc(C)cc1. The molecule has 0 aliphatic rings. The molecule has 0 amide bonds. The van der Waals surface area contributed by atoms with E-state index >= 15 is 0 Å². The van der Waals surface area contributed by atoms with Gasteiger partial charge in [0.25, 0.3) is 0 Å². The van der Waals surface area contributed by atoms with Gasteiger partial charge >= 0.3 is 0 Å². The zero-order chi connectivity index (χ0) is 13.0. The number of hydrogen-bond acceptors (Lipinski definition) is 1. The van der Waals surface area contributed by atoms with Gasteiger partial charge in [0.15, 0.2) is 0 Å². The summed E-state index contributed by atoms with van der Waals surface area (Å²) < 4.78 is 0. The highest BCUT2D eigenvalue weighted by Crippen LogP contribution is 2.25. The molecule has 0 heterocycles. The number of benzene rings is 2. The third-order valence-electron chi connectivity index (χ3n) is 3.31. The fourth-order valence-electron chi connectivity index (χ4n) is 2.24. The minimum Gasteiger partial charge on any atom is -0.396 e. The Morgan fingerprint density at radius 3 is 2.33 bits per heavy atom. The van der Waals surface area contributed by atoms with Crippen molar-refractivity contribution in [2.45, 2.75) is 26.7 Å². The summed E-state index contributed by atoms with van der Waals surface area (Å²) in [4.78, 5) is 0. The highest BCUT2D eigenvalue weighted by atomic mass is 16.2. The Morgan fingerprint density at radius 1 is 1.00 bits per heavy atom. The van der Waals surface area contributed by atoms with Crippen molar-refractivity contribution in [1.29, 1.82) is 0 Å². The molecule has 18 heavy (non-hydrogen) atoms. The first-order chi connectivity index (χ1) is 8.74. The summed E-state index contributed by atoms with van der Waals surface area (Å²) in [6.07, 6.45) is 1.75. The summed E-state index contributed by atoms with van der Waals surface area (Å²) in [6, 6.07) is 15.2. The van der Waals surface area contributed by atoms with Crippen LogP contribution in [-0.2, 0) is 12.8 Å². The van der Waals surface area contributed by atoms with Crippen molar-refractivity contribution < 1.29 is 5.11 Å². The number of aliphatic hydroxyl groups excluding tert-OH is 1. The summed E-state index contributed by atoms with van der Waals surface area (Å²) in [5, 5.41) is 9.00. The van der Waals surface area contributed by atoms with Crippen LogP contribution in [0, 0.1) is 6.92 Å². The van der Waals surface area contributed by atoms with Gasteiger partial charge in [0, 0.05) is 6.61 Å². The van der Waals surface area contributed by atoms with E-state index in [1.165, 1.54) is 27.8 Å². The van der Waals surface area contributed by atoms with Crippen LogP contribution < -0.4 is 0 Å². The molecule has 2 aromatic carbocycles. The van der Waals surface area contributed by atoms with Crippen LogP contribution in [-0.4, -0.2) is 11.7 Å². The average molecular weight is 240 g/mol. The predicted octanol–water partition coefficient (Wildman–Crippen LogP) is 3.76. The summed E-state index contributed by atoms with van der Waals surface area (Å²) in [5.74, 6) is 0. The zero-order valence-corrected chi connectivity index (χ0v) is 11.1. The Kier molecular flexibility index (Phi) is 4.16. The largest absolute Gasteiger partial charge is 0.396 e. The van der Waals surface area contributed by atoms with Crippen LogP contribution in [0.2, 0.25) is 0 Å². The molecule has 2 rings (SSSR count). The minimum absolute atomic E-state index is 0.215. The zero-order valence-electron chi connectivity index (χ0n) is 11.1. The van der Waals surface area contributed by atoms with E-state index in [2.05, 4.69) is 56.3 Å². The minimum atomic E-state index is 0.215. The Labute approximate surface area is 109 Å². The second kappa shape index (κ2) is 5.83. The molecule has 1 heteroatoms. The molecule has 0 aliphatic heterocycles. The number of aryl methyl sites for hydroxylation is 2. The van der Waals surface area contributed by atoms with Gasteiger partial charge in [-0.2, -0.15) is 0 Å². The van der Waals surface area contributed by atoms with E-state index in [0.29, 0.717) is 0 Å². The molecule has 1 N–H and O–H groups in total. The molecule has 0 saturated heterocycles. The monoisotopic (exact) mass is 240 g/mol. The van der Waals surface area contributed by atoms with E-state index in [1.54, 1.807) is 0 Å². The van der Waals surface area contributed by atoms with E-state index < -0.39 is 0 Å². The van der Waals surface area contributed by atoms with Gasteiger partial charge in [-0.25, -0.2) is 0 Å². The lowest BCUT2D eigenvalue weighted by Crippen LogP contribution is -1.94. The van der Waals surface area contributed by atoms with Crippen molar-refractivity contribution in [2.24, 2.45) is 0 Å². The summed E-state index contributed by atoms with van der Waals surface area (Å²) in [6.45, 7) is 4.50. The first-order valence-corrected chi connectivity index (χ1v) is 6.54. The number of rotatable bonds is 4. The number of aliphatic hydroxyl groups is 1. The van der Waals surface area contributed by atoms with Gasteiger partial charge < -0.3 is 5.11 Å². The van der Waals surface area contributed by atoms with Gasteiger partial charge in [-0.15, -0.1) is 0 Å². The lowest BCUT2D eigenvalue weighted by atomic mass is 9.95. The van der Waals surface area contributed by atoms with E-state index in [-0.39, 0.29) is 6.61 Å². The van der Waals surface area contributed by atoms with Crippen LogP contribution in [0.5, 0.6) is 0 Å². The molecule has 0 fully saturated rings. The molecule has 0 aliphatic carbocycles. The Balaban J connectivity index is 2.40. The third-order valence-corrected chi connectivity index (χ3v) is 3.31. The van der Waals surface area contributed by atoms with E-state index in [0.717, 1.165) is 12.8 Å². The summed E-state index contributed by atoms with van der Waals surface area (Å²) in [5.41, 5.74) is 6.43. The summed E-state index contributed by atoms with van der Waals surface area (Å²) >= 11 is 0. The molecule has 0 atom stereocenters. The Bertz CT molecular complexity index is 512. The highest BCUT2D eigenvalue weighted by Gasteiger charge is 2.05. The molecule has 0 spiro atoms. The molecular weight excluding hydrogens is 220 g/mol. The molecular formula is C17H20O. The van der Waals surface area contributed by atoms with Crippen LogP contribution in [0.15, 0.2) is 42.5 Å². The van der Waals surface area contributed by atoms with Gasteiger partial charge in [0.2, 0.25) is 0 Å². The van der Waals surface area contributed by atoms with Crippen molar-refractivity contribution in [1.82, 2.24) is 0 Å². The van der Waals surface area contributed by atoms with Gasteiger partial charge in [-0.05, 0) is 42.0 Å². The van der Waals surface area contributed by atoms with E-state index in [1.807, 2.05) is 0 Å². The van der Waals surface area contributed by atoms with Crippen molar-refractivity contribution in [3.05, 3.63) is 59.2 Å². The summed E-state index contributed by atoms with van der Waals surface area (Å²) in [7, 11) is 0. The molecule has 0 aromatic heterocycles. The van der Waals surface area contributed by atoms with Crippen LogP contribution in [0.25, 0.3) is 11.1 Å². The maximum Gasteiger partial charge on any atom is 0.0471 e. The Hall–Kier alpha value is -1.60. The van der Waals surface area contributed by atoms with Crippen LogP contribution >= 0.6 is 0 Å². The number of hydrogen-bond donors (Lipinski definition) is 1. The maximum atomic E-state index is 9.00.